The van der Waals surface area contributed by atoms with Gasteiger partial charge in [-0.25, -0.2) is 0 Å². The first-order chi connectivity index (χ1) is 5.43. The van der Waals surface area contributed by atoms with Gasteiger partial charge in [-0.05, 0) is 31.3 Å². The molecule has 0 unspecified atom stereocenters. The first kappa shape index (κ1) is 8.36. The summed E-state index contributed by atoms with van der Waals surface area (Å²) in [6.45, 7) is 1.18. The van der Waals surface area contributed by atoms with Gasteiger partial charge in [-0.1, -0.05) is 12.0 Å². The molecule has 0 spiro atoms. The fraction of sp³-hybridized carbons (Fsp3) is 0.600. The van der Waals surface area contributed by atoms with Crippen LogP contribution in [0.15, 0.2) is 11.6 Å². The molecule has 1 aliphatic rings. The van der Waals surface area contributed by atoms with Crippen molar-refractivity contribution in [3.05, 3.63) is 11.6 Å². The van der Waals surface area contributed by atoms with Gasteiger partial charge in [0, 0.05) is 0 Å². The van der Waals surface area contributed by atoms with Gasteiger partial charge in [0.2, 0.25) is 0 Å². The summed E-state index contributed by atoms with van der Waals surface area (Å²) in [5, 5.41) is 0. The molecule has 0 fully saturated rings. The lowest BCUT2D eigenvalue weighted by Gasteiger charge is -2.11. The van der Waals surface area contributed by atoms with E-state index in [-0.39, 0.29) is 0 Å². The number of hydrogen-bond donors (Lipinski definition) is 0. The summed E-state index contributed by atoms with van der Waals surface area (Å²) in [5.74, 6) is 2.46. The highest BCUT2D eigenvalue weighted by molar-refractivity contribution is 5.05. The number of rotatable bonds is 3. The summed E-state index contributed by atoms with van der Waals surface area (Å²) < 4.78 is 5.22. The molecule has 0 saturated carbocycles. The molecule has 0 aliphatic heterocycles. The molecule has 1 nitrogen and oxygen atoms in total. The molecule has 0 heterocycles. The third-order valence-corrected chi connectivity index (χ3v) is 1.86. The molecule has 60 valence electrons. The van der Waals surface area contributed by atoms with Crippen molar-refractivity contribution in [2.75, 3.05) is 13.2 Å². The molecule has 1 heteroatoms. The lowest BCUT2D eigenvalue weighted by molar-refractivity contribution is 0.188. The summed E-state index contributed by atoms with van der Waals surface area (Å²) in [4.78, 5) is 0. The van der Waals surface area contributed by atoms with Crippen LogP contribution in [-0.4, -0.2) is 13.2 Å². The number of allylic oxidation sites excluding steroid dienone is 1. The monoisotopic (exact) mass is 150 g/mol. The summed E-state index contributed by atoms with van der Waals surface area (Å²) in [5.41, 5.74) is 1.42. The summed E-state index contributed by atoms with van der Waals surface area (Å²) >= 11 is 0. The van der Waals surface area contributed by atoms with E-state index in [2.05, 4.69) is 12.0 Å². The number of hydrogen-bond acceptors (Lipinski definition) is 1. The quantitative estimate of drug-likeness (QED) is 0.340. The van der Waals surface area contributed by atoms with Crippen molar-refractivity contribution in [3.63, 3.8) is 0 Å². The predicted molar refractivity (Wildman–Crippen MR) is 46.2 cm³/mol. The van der Waals surface area contributed by atoms with Crippen molar-refractivity contribution in [2.24, 2.45) is 0 Å². The van der Waals surface area contributed by atoms with Crippen molar-refractivity contribution in [1.29, 1.82) is 0 Å². The van der Waals surface area contributed by atoms with Gasteiger partial charge in [0.25, 0.3) is 0 Å². The number of terminal acetylenes is 1. The van der Waals surface area contributed by atoms with E-state index in [0.717, 1.165) is 6.61 Å². The lowest BCUT2D eigenvalue weighted by Crippen LogP contribution is -2.01. The minimum absolute atomic E-state index is 0.442. The van der Waals surface area contributed by atoms with E-state index in [9.17, 15) is 0 Å². The van der Waals surface area contributed by atoms with Crippen LogP contribution in [0.3, 0.4) is 0 Å². The summed E-state index contributed by atoms with van der Waals surface area (Å²) in [6.07, 6.45) is 12.4. The van der Waals surface area contributed by atoms with Crippen LogP contribution in [0.2, 0.25) is 0 Å². The van der Waals surface area contributed by atoms with Gasteiger partial charge in [-0.2, -0.15) is 0 Å². The van der Waals surface area contributed by atoms with Crippen LogP contribution in [0.1, 0.15) is 25.7 Å². The normalized spacial score (nSPS) is 17.2. The first-order valence-corrected chi connectivity index (χ1v) is 4.12. The molecule has 0 N–H and O–H groups in total. The fourth-order valence-corrected chi connectivity index (χ4v) is 1.28. The minimum Gasteiger partial charge on any atom is -0.364 e. The Morgan fingerprint density at radius 3 is 3.09 bits per heavy atom. The van der Waals surface area contributed by atoms with Crippen LogP contribution in [-0.2, 0) is 4.74 Å². The highest BCUT2D eigenvalue weighted by Crippen LogP contribution is 2.16. The van der Waals surface area contributed by atoms with E-state index in [1.165, 1.54) is 31.3 Å². The van der Waals surface area contributed by atoms with E-state index in [0.29, 0.717) is 6.61 Å². The summed E-state index contributed by atoms with van der Waals surface area (Å²) in [6, 6.07) is 0. The topological polar surface area (TPSA) is 9.23 Å². The van der Waals surface area contributed by atoms with Crippen LogP contribution in [0, 0.1) is 12.3 Å². The van der Waals surface area contributed by atoms with Crippen molar-refractivity contribution >= 4 is 0 Å². The highest BCUT2D eigenvalue weighted by atomic mass is 16.5. The Morgan fingerprint density at radius 2 is 2.45 bits per heavy atom. The first-order valence-electron chi connectivity index (χ1n) is 4.12. The summed E-state index contributed by atoms with van der Waals surface area (Å²) in [7, 11) is 0. The zero-order valence-corrected chi connectivity index (χ0v) is 6.81. The smallest absolute Gasteiger partial charge is 0.107 e. The minimum atomic E-state index is 0.442. The molecular formula is C10H14O. The Kier molecular flexibility index (Phi) is 3.79. The highest BCUT2D eigenvalue weighted by Gasteiger charge is 2.02. The van der Waals surface area contributed by atoms with Gasteiger partial charge in [-0.15, -0.1) is 6.42 Å². The zero-order valence-electron chi connectivity index (χ0n) is 6.81. The van der Waals surface area contributed by atoms with E-state index >= 15 is 0 Å². The Labute approximate surface area is 68.4 Å². The van der Waals surface area contributed by atoms with Gasteiger partial charge in [0.15, 0.2) is 0 Å². The maximum absolute atomic E-state index is 5.22. The molecule has 0 aromatic carbocycles. The van der Waals surface area contributed by atoms with E-state index in [4.69, 9.17) is 11.2 Å². The Hall–Kier alpha value is -0.740. The standard InChI is InChI=1S/C10H14O/c1-2-8-11-9-10-6-4-3-5-7-10/h1,6H,3-5,7-9H2. The molecule has 0 aromatic rings. The van der Waals surface area contributed by atoms with Crippen molar-refractivity contribution in [3.8, 4) is 12.3 Å². The van der Waals surface area contributed by atoms with Gasteiger partial charge < -0.3 is 4.74 Å². The van der Waals surface area contributed by atoms with Crippen LogP contribution in [0.25, 0.3) is 0 Å². The second kappa shape index (κ2) is 4.98. The predicted octanol–water partition coefficient (Wildman–Crippen LogP) is 2.14. The maximum Gasteiger partial charge on any atom is 0.107 e. The number of ether oxygens (including phenoxy) is 1. The van der Waals surface area contributed by atoms with Crippen LogP contribution in [0.4, 0.5) is 0 Å². The molecule has 1 aliphatic carbocycles. The van der Waals surface area contributed by atoms with Crippen molar-refractivity contribution in [1.82, 2.24) is 0 Å². The van der Waals surface area contributed by atoms with Gasteiger partial charge in [0.05, 0.1) is 6.61 Å². The molecule has 0 saturated heterocycles. The molecule has 0 bridgehead atoms. The van der Waals surface area contributed by atoms with Gasteiger partial charge >= 0.3 is 0 Å². The van der Waals surface area contributed by atoms with Gasteiger partial charge in [0.1, 0.15) is 6.61 Å². The van der Waals surface area contributed by atoms with E-state index < -0.39 is 0 Å². The SMILES string of the molecule is C#CCOCC1=CCCCC1. The fourth-order valence-electron chi connectivity index (χ4n) is 1.28. The average Bonchev–Trinajstić information content (AvgIpc) is 2.07. The van der Waals surface area contributed by atoms with E-state index in [1.807, 2.05) is 0 Å². The molecule has 11 heavy (non-hydrogen) atoms. The van der Waals surface area contributed by atoms with Crippen molar-refractivity contribution < 1.29 is 4.74 Å². The van der Waals surface area contributed by atoms with Gasteiger partial charge in [-0.3, -0.25) is 0 Å². The molecule has 0 amide bonds. The molecular weight excluding hydrogens is 136 g/mol. The average molecular weight is 150 g/mol. The third-order valence-electron chi connectivity index (χ3n) is 1.86. The second-order valence-electron chi connectivity index (χ2n) is 2.81. The Bertz CT molecular complexity index is 174. The zero-order chi connectivity index (χ0) is 7.94. The second-order valence-corrected chi connectivity index (χ2v) is 2.81. The third kappa shape index (κ3) is 3.25. The Balaban J connectivity index is 2.15. The largest absolute Gasteiger partial charge is 0.364 e. The Morgan fingerprint density at radius 1 is 1.55 bits per heavy atom. The van der Waals surface area contributed by atoms with Crippen molar-refractivity contribution in [2.45, 2.75) is 25.7 Å². The van der Waals surface area contributed by atoms with E-state index in [1.54, 1.807) is 0 Å². The van der Waals surface area contributed by atoms with Crippen LogP contribution >= 0.6 is 0 Å². The molecule has 0 aromatic heterocycles. The van der Waals surface area contributed by atoms with Crippen LogP contribution < -0.4 is 0 Å². The van der Waals surface area contributed by atoms with Crippen LogP contribution in [0.5, 0.6) is 0 Å². The molecule has 1 rings (SSSR count). The lowest BCUT2D eigenvalue weighted by atomic mass is 10.0. The molecule has 0 radical (unpaired) electrons. The maximum atomic E-state index is 5.22. The molecule has 0 atom stereocenters.